The largest absolute Gasteiger partial charge is 0.325 e. The van der Waals surface area contributed by atoms with Crippen LogP contribution in [0.15, 0.2) is 60.8 Å². The van der Waals surface area contributed by atoms with Crippen molar-refractivity contribution in [2.45, 2.75) is 13.0 Å². The summed E-state index contributed by atoms with van der Waals surface area (Å²) in [6, 6.07) is 18.3. The van der Waals surface area contributed by atoms with Crippen LogP contribution in [0.3, 0.4) is 0 Å². The Hall–Kier alpha value is -3.72. The molecule has 2 aromatic carbocycles. The number of rotatable bonds is 2. The van der Waals surface area contributed by atoms with Crippen molar-refractivity contribution in [3.05, 3.63) is 71.9 Å². The van der Waals surface area contributed by atoms with E-state index in [9.17, 15) is 14.9 Å². The highest BCUT2D eigenvalue weighted by Crippen LogP contribution is 2.25. The lowest BCUT2D eigenvalue weighted by Crippen LogP contribution is -2.57. The molecule has 1 aromatic heterocycles. The van der Waals surface area contributed by atoms with Gasteiger partial charge in [0.15, 0.2) is 0 Å². The number of hydrogen-bond donors (Lipinski definition) is 0. The molecule has 6 nitrogen and oxygen atoms in total. The molecule has 4 rings (SSSR count). The third kappa shape index (κ3) is 3.08. The van der Waals surface area contributed by atoms with Crippen molar-refractivity contribution in [3.8, 4) is 6.07 Å². The van der Waals surface area contributed by atoms with E-state index in [1.807, 2.05) is 31.2 Å². The van der Waals surface area contributed by atoms with Crippen LogP contribution in [-0.2, 0) is 4.79 Å². The molecule has 0 unspecified atom stereocenters. The molecule has 1 fully saturated rings. The number of piperazine rings is 1. The molecule has 2 heterocycles. The SMILES string of the molecule is C[C@@H]1CN(c2ccccc2C#N)C(=O)CN1C(=O)c1cnc2ccccc2c1. The van der Waals surface area contributed by atoms with Crippen LogP contribution in [0.2, 0.25) is 0 Å². The van der Waals surface area contributed by atoms with Crippen molar-refractivity contribution in [1.82, 2.24) is 9.88 Å². The summed E-state index contributed by atoms with van der Waals surface area (Å²) in [5, 5.41) is 10.2. The predicted octanol–water partition coefficient (Wildman–Crippen LogP) is 2.98. The molecule has 1 atom stereocenters. The maximum atomic E-state index is 13.0. The highest BCUT2D eigenvalue weighted by molar-refractivity contribution is 6.03. The monoisotopic (exact) mass is 370 g/mol. The number of hydrogen-bond acceptors (Lipinski definition) is 4. The Labute approximate surface area is 162 Å². The zero-order chi connectivity index (χ0) is 19.7. The summed E-state index contributed by atoms with van der Waals surface area (Å²) < 4.78 is 0. The second-order valence-electron chi connectivity index (χ2n) is 6.83. The number of nitrogens with zero attached hydrogens (tertiary/aromatic N) is 4. The molecule has 0 bridgehead atoms. The minimum atomic E-state index is -0.215. The first kappa shape index (κ1) is 17.7. The molecule has 0 aliphatic carbocycles. The molecule has 28 heavy (non-hydrogen) atoms. The molecule has 1 aliphatic rings. The zero-order valence-corrected chi connectivity index (χ0v) is 15.4. The molecule has 0 radical (unpaired) electrons. The van der Waals surface area contributed by atoms with Gasteiger partial charge in [-0.05, 0) is 31.2 Å². The van der Waals surface area contributed by atoms with Gasteiger partial charge in [0, 0.05) is 24.2 Å². The Kier molecular flexibility index (Phi) is 4.50. The van der Waals surface area contributed by atoms with Gasteiger partial charge in [-0.15, -0.1) is 0 Å². The van der Waals surface area contributed by atoms with Gasteiger partial charge < -0.3 is 9.80 Å². The molecule has 0 spiro atoms. The fraction of sp³-hybridized carbons (Fsp3) is 0.182. The molecular weight excluding hydrogens is 352 g/mol. The summed E-state index contributed by atoms with van der Waals surface area (Å²) >= 11 is 0. The molecular formula is C22H18N4O2. The lowest BCUT2D eigenvalue weighted by molar-refractivity contribution is -0.121. The van der Waals surface area contributed by atoms with E-state index in [1.54, 1.807) is 46.3 Å². The molecule has 138 valence electrons. The average molecular weight is 370 g/mol. The number of fused-ring (bicyclic) bond motifs is 1. The van der Waals surface area contributed by atoms with Crippen LogP contribution < -0.4 is 4.90 Å². The number of carbonyl (C=O) groups excluding carboxylic acids is 2. The second-order valence-corrected chi connectivity index (χ2v) is 6.83. The Morgan fingerprint density at radius 1 is 1.18 bits per heavy atom. The van der Waals surface area contributed by atoms with Gasteiger partial charge in [-0.1, -0.05) is 30.3 Å². The van der Waals surface area contributed by atoms with Crippen LogP contribution in [0.5, 0.6) is 0 Å². The van der Waals surface area contributed by atoms with E-state index >= 15 is 0 Å². The first-order chi connectivity index (χ1) is 13.6. The fourth-order valence-corrected chi connectivity index (χ4v) is 3.51. The summed E-state index contributed by atoms with van der Waals surface area (Å²) in [5.74, 6) is -0.421. The van der Waals surface area contributed by atoms with Crippen LogP contribution in [-0.4, -0.2) is 40.8 Å². The average Bonchev–Trinajstić information content (AvgIpc) is 2.74. The van der Waals surface area contributed by atoms with Crippen molar-refractivity contribution in [2.24, 2.45) is 0 Å². The number of aromatic nitrogens is 1. The van der Waals surface area contributed by atoms with Crippen LogP contribution in [0.1, 0.15) is 22.8 Å². The van der Waals surface area contributed by atoms with Crippen molar-refractivity contribution < 1.29 is 9.59 Å². The number of nitriles is 1. The quantitative estimate of drug-likeness (QED) is 0.695. The van der Waals surface area contributed by atoms with Gasteiger partial charge in [0.05, 0.1) is 22.3 Å². The smallest absolute Gasteiger partial charge is 0.256 e. The number of carbonyl (C=O) groups is 2. The van der Waals surface area contributed by atoms with Crippen molar-refractivity contribution >= 4 is 28.4 Å². The number of benzene rings is 2. The second kappa shape index (κ2) is 7.12. The molecule has 0 saturated carbocycles. The van der Waals surface area contributed by atoms with Crippen molar-refractivity contribution in [3.63, 3.8) is 0 Å². The Morgan fingerprint density at radius 2 is 1.93 bits per heavy atom. The Morgan fingerprint density at radius 3 is 2.75 bits per heavy atom. The van der Waals surface area contributed by atoms with E-state index in [2.05, 4.69) is 11.1 Å². The van der Waals surface area contributed by atoms with E-state index in [4.69, 9.17) is 0 Å². The molecule has 2 amide bonds. The summed E-state index contributed by atoms with van der Waals surface area (Å²) in [6.45, 7) is 2.21. The third-order valence-corrected chi connectivity index (χ3v) is 5.00. The van der Waals surface area contributed by atoms with E-state index in [0.717, 1.165) is 10.9 Å². The van der Waals surface area contributed by atoms with E-state index in [0.29, 0.717) is 23.4 Å². The maximum absolute atomic E-state index is 13.0. The molecule has 3 aromatic rings. The number of anilines is 1. The first-order valence-electron chi connectivity index (χ1n) is 9.04. The van der Waals surface area contributed by atoms with Gasteiger partial charge in [0.1, 0.15) is 12.6 Å². The highest BCUT2D eigenvalue weighted by atomic mass is 16.2. The van der Waals surface area contributed by atoms with Crippen LogP contribution in [0, 0.1) is 11.3 Å². The third-order valence-electron chi connectivity index (χ3n) is 5.00. The van der Waals surface area contributed by atoms with Crippen LogP contribution in [0.4, 0.5) is 5.69 Å². The van der Waals surface area contributed by atoms with Gasteiger partial charge in [-0.3, -0.25) is 14.6 Å². The van der Waals surface area contributed by atoms with Crippen LogP contribution >= 0.6 is 0 Å². The topological polar surface area (TPSA) is 77.3 Å². The van der Waals surface area contributed by atoms with Gasteiger partial charge in [-0.25, -0.2) is 0 Å². The Bertz CT molecular complexity index is 1120. The standard InChI is InChI=1S/C22H18N4O2/c1-15-13-26(20-9-5-3-7-17(20)11-23)21(27)14-25(15)22(28)18-10-16-6-2-4-8-19(16)24-12-18/h2-10,12,15H,13-14H2,1H3/t15-/m1/s1. The molecule has 1 saturated heterocycles. The van der Waals surface area contributed by atoms with Gasteiger partial charge in [0.25, 0.3) is 5.91 Å². The van der Waals surface area contributed by atoms with Crippen molar-refractivity contribution in [1.29, 1.82) is 5.26 Å². The highest BCUT2D eigenvalue weighted by Gasteiger charge is 2.34. The Balaban J connectivity index is 1.59. The summed E-state index contributed by atoms with van der Waals surface area (Å²) in [5.41, 5.74) is 2.31. The van der Waals surface area contributed by atoms with E-state index in [-0.39, 0.29) is 24.4 Å². The van der Waals surface area contributed by atoms with Gasteiger partial charge in [0.2, 0.25) is 5.91 Å². The molecule has 6 heteroatoms. The fourth-order valence-electron chi connectivity index (χ4n) is 3.51. The van der Waals surface area contributed by atoms with Gasteiger partial charge in [-0.2, -0.15) is 5.26 Å². The summed E-state index contributed by atoms with van der Waals surface area (Å²) in [4.78, 5) is 33.3. The lowest BCUT2D eigenvalue weighted by atomic mass is 10.1. The number of amides is 2. The minimum absolute atomic E-state index is 0.0351. The lowest BCUT2D eigenvalue weighted by Gasteiger charge is -2.39. The normalized spacial score (nSPS) is 16.9. The maximum Gasteiger partial charge on any atom is 0.256 e. The first-order valence-corrected chi connectivity index (χ1v) is 9.04. The molecule has 0 N–H and O–H groups in total. The van der Waals surface area contributed by atoms with E-state index in [1.165, 1.54) is 0 Å². The predicted molar refractivity (Wildman–Crippen MR) is 106 cm³/mol. The summed E-state index contributed by atoms with van der Waals surface area (Å²) in [7, 11) is 0. The van der Waals surface area contributed by atoms with Crippen molar-refractivity contribution in [2.75, 3.05) is 18.0 Å². The van der Waals surface area contributed by atoms with Gasteiger partial charge >= 0.3 is 0 Å². The van der Waals surface area contributed by atoms with Crippen LogP contribution in [0.25, 0.3) is 10.9 Å². The number of para-hydroxylation sites is 2. The summed E-state index contributed by atoms with van der Waals surface area (Å²) in [6.07, 6.45) is 1.55. The minimum Gasteiger partial charge on any atom is -0.325 e. The number of pyridine rings is 1. The molecule has 1 aliphatic heterocycles. The van der Waals surface area contributed by atoms with E-state index < -0.39 is 0 Å². The zero-order valence-electron chi connectivity index (χ0n) is 15.4.